The summed E-state index contributed by atoms with van der Waals surface area (Å²) in [6, 6.07) is 14.8. The van der Waals surface area contributed by atoms with E-state index in [0.29, 0.717) is 5.13 Å². The Bertz CT molecular complexity index is 966. The molecule has 140 valence electrons. The molecule has 1 amide bonds. The number of nitrogens with zero attached hydrogens (tertiary/aromatic N) is 1. The largest absolute Gasteiger partial charge is 0.392 e. The Morgan fingerprint density at radius 2 is 1.67 bits per heavy atom. The number of hydrogen-bond donors (Lipinski definition) is 3. The van der Waals surface area contributed by atoms with Crippen molar-refractivity contribution in [3.63, 3.8) is 0 Å². The lowest BCUT2D eigenvalue weighted by Gasteiger charge is -2.05. The Balaban J connectivity index is 2.02. The van der Waals surface area contributed by atoms with Gasteiger partial charge in [0, 0.05) is 12.5 Å². The molecule has 0 fully saturated rings. The fourth-order valence-electron chi connectivity index (χ4n) is 2.58. The molecule has 1 heterocycles. The van der Waals surface area contributed by atoms with Crippen LogP contribution in [-0.4, -0.2) is 24.8 Å². The second-order valence-corrected chi connectivity index (χ2v) is 7.83. The first kappa shape index (κ1) is 19.4. The monoisotopic (exact) mass is 402 g/mol. The standard InChI is InChI=1S/C19H18N2O4S2/c1-12(23)20-19-21-17(15-6-2-13(10-22)3-7-15)18(26-19)16-8-4-14(5-9-16)11-27(24)25/h2-9,22H,10-11H2,1H3,(H,24,25)(H,20,21,23). The Labute approximate surface area is 163 Å². The summed E-state index contributed by atoms with van der Waals surface area (Å²) in [7, 11) is 0. The van der Waals surface area contributed by atoms with Crippen molar-refractivity contribution >= 4 is 33.5 Å². The second-order valence-electron chi connectivity index (χ2n) is 5.90. The van der Waals surface area contributed by atoms with Gasteiger partial charge >= 0.3 is 0 Å². The van der Waals surface area contributed by atoms with E-state index >= 15 is 0 Å². The maximum absolute atomic E-state index is 11.4. The van der Waals surface area contributed by atoms with Gasteiger partial charge in [0.2, 0.25) is 5.91 Å². The van der Waals surface area contributed by atoms with Crippen LogP contribution in [0.5, 0.6) is 0 Å². The van der Waals surface area contributed by atoms with Crippen LogP contribution in [0.4, 0.5) is 5.13 Å². The highest BCUT2D eigenvalue weighted by Crippen LogP contribution is 2.39. The van der Waals surface area contributed by atoms with E-state index in [2.05, 4.69) is 10.3 Å². The van der Waals surface area contributed by atoms with Gasteiger partial charge in [0.05, 0.1) is 22.9 Å². The van der Waals surface area contributed by atoms with Gasteiger partial charge in [0.25, 0.3) is 0 Å². The van der Waals surface area contributed by atoms with Gasteiger partial charge in [-0.25, -0.2) is 9.19 Å². The lowest BCUT2D eigenvalue weighted by Crippen LogP contribution is -2.04. The van der Waals surface area contributed by atoms with Gasteiger partial charge in [0.15, 0.2) is 16.2 Å². The van der Waals surface area contributed by atoms with E-state index in [4.69, 9.17) is 4.55 Å². The van der Waals surface area contributed by atoms with Crippen LogP contribution in [0.25, 0.3) is 21.7 Å². The van der Waals surface area contributed by atoms with E-state index in [1.165, 1.54) is 18.3 Å². The summed E-state index contributed by atoms with van der Waals surface area (Å²) in [5.41, 5.74) is 4.07. The summed E-state index contributed by atoms with van der Waals surface area (Å²) < 4.78 is 20.0. The molecular weight excluding hydrogens is 384 g/mol. The number of nitrogens with one attached hydrogen (secondary N) is 1. The Hall–Kier alpha value is -2.39. The quantitative estimate of drug-likeness (QED) is 0.547. The van der Waals surface area contributed by atoms with Crippen molar-refractivity contribution in [1.82, 2.24) is 4.98 Å². The summed E-state index contributed by atoms with van der Waals surface area (Å²) in [5, 5.41) is 12.4. The Kier molecular flexibility index (Phi) is 6.12. The number of rotatable bonds is 6. The zero-order valence-corrected chi connectivity index (χ0v) is 16.1. The van der Waals surface area contributed by atoms with Crippen molar-refractivity contribution in [2.75, 3.05) is 5.32 Å². The molecular formula is C19H18N2O4S2. The maximum atomic E-state index is 11.4. The number of anilines is 1. The molecule has 3 N–H and O–H groups in total. The van der Waals surface area contributed by atoms with Gasteiger partial charge < -0.3 is 15.0 Å². The number of amides is 1. The van der Waals surface area contributed by atoms with Crippen LogP contribution < -0.4 is 5.32 Å². The van der Waals surface area contributed by atoms with E-state index in [1.807, 2.05) is 36.4 Å². The third-order valence-electron chi connectivity index (χ3n) is 3.83. The average molecular weight is 402 g/mol. The number of aliphatic hydroxyl groups excluding tert-OH is 1. The number of carbonyl (C=O) groups excluding carboxylic acids is 1. The molecule has 27 heavy (non-hydrogen) atoms. The van der Waals surface area contributed by atoms with Gasteiger partial charge in [-0.1, -0.05) is 59.9 Å². The van der Waals surface area contributed by atoms with Crippen molar-refractivity contribution in [2.24, 2.45) is 0 Å². The molecule has 0 radical (unpaired) electrons. The fourth-order valence-corrected chi connectivity index (χ4v) is 4.10. The molecule has 1 atom stereocenters. The van der Waals surface area contributed by atoms with Crippen molar-refractivity contribution in [1.29, 1.82) is 0 Å². The van der Waals surface area contributed by atoms with Crippen LogP contribution in [0.3, 0.4) is 0 Å². The second kappa shape index (κ2) is 8.53. The van der Waals surface area contributed by atoms with Crippen molar-refractivity contribution < 1.29 is 18.7 Å². The summed E-state index contributed by atoms with van der Waals surface area (Å²) in [5.74, 6) is -0.117. The first-order valence-corrected chi connectivity index (χ1v) is 10.2. The topological polar surface area (TPSA) is 99.5 Å². The molecule has 1 aromatic heterocycles. The molecule has 2 aromatic carbocycles. The van der Waals surface area contributed by atoms with Crippen LogP contribution in [-0.2, 0) is 28.2 Å². The third kappa shape index (κ3) is 4.86. The zero-order chi connectivity index (χ0) is 19.4. The molecule has 0 saturated carbocycles. The number of thiazole rings is 1. The van der Waals surface area contributed by atoms with Gasteiger partial charge in [0.1, 0.15) is 0 Å². The maximum Gasteiger partial charge on any atom is 0.223 e. The number of hydrogen-bond acceptors (Lipinski definition) is 5. The number of aliphatic hydroxyl groups is 1. The predicted octanol–water partition coefficient (Wildman–Crippen LogP) is 3.65. The van der Waals surface area contributed by atoms with E-state index < -0.39 is 11.1 Å². The molecule has 0 bridgehead atoms. The fraction of sp³-hybridized carbons (Fsp3) is 0.158. The molecule has 8 heteroatoms. The Morgan fingerprint density at radius 1 is 1.07 bits per heavy atom. The van der Waals surface area contributed by atoms with Crippen LogP contribution in [0.15, 0.2) is 48.5 Å². The first-order valence-electron chi connectivity index (χ1n) is 8.11. The van der Waals surface area contributed by atoms with E-state index in [9.17, 15) is 14.1 Å². The minimum Gasteiger partial charge on any atom is -0.392 e. The molecule has 0 aliphatic heterocycles. The number of aromatic nitrogens is 1. The normalized spacial score (nSPS) is 12.0. The lowest BCUT2D eigenvalue weighted by atomic mass is 10.0. The van der Waals surface area contributed by atoms with Crippen molar-refractivity contribution in [2.45, 2.75) is 19.3 Å². The van der Waals surface area contributed by atoms with E-state index in [-0.39, 0.29) is 18.3 Å². The molecule has 0 saturated heterocycles. The van der Waals surface area contributed by atoms with Gasteiger partial charge in [-0.05, 0) is 16.7 Å². The number of carbonyl (C=O) groups is 1. The van der Waals surface area contributed by atoms with Gasteiger partial charge in [-0.15, -0.1) is 0 Å². The van der Waals surface area contributed by atoms with Crippen LogP contribution >= 0.6 is 11.3 Å². The van der Waals surface area contributed by atoms with E-state index in [0.717, 1.165) is 32.8 Å². The first-order chi connectivity index (χ1) is 13.0. The Morgan fingerprint density at radius 3 is 2.22 bits per heavy atom. The highest BCUT2D eigenvalue weighted by atomic mass is 32.2. The van der Waals surface area contributed by atoms with Crippen LogP contribution in [0.2, 0.25) is 0 Å². The zero-order valence-electron chi connectivity index (χ0n) is 14.5. The summed E-state index contributed by atoms with van der Waals surface area (Å²) in [6.45, 7) is 1.40. The van der Waals surface area contributed by atoms with Crippen molar-refractivity contribution in [3.05, 3.63) is 59.7 Å². The number of benzene rings is 2. The molecule has 0 aliphatic rings. The molecule has 6 nitrogen and oxygen atoms in total. The van der Waals surface area contributed by atoms with Gasteiger partial charge in [-0.2, -0.15) is 0 Å². The summed E-state index contributed by atoms with van der Waals surface area (Å²) in [6.07, 6.45) is 0. The summed E-state index contributed by atoms with van der Waals surface area (Å²) >= 11 is -0.522. The molecule has 1 unspecified atom stereocenters. The molecule has 3 aromatic rings. The minimum absolute atomic E-state index is 0.0327. The van der Waals surface area contributed by atoms with Crippen LogP contribution in [0.1, 0.15) is 18.1 Å². The average Bonchev–Trinajstić information content (AvgIpc) is 3.05. The summed E-state index contributed by atoms with van der Waals surface area (Å²) in [4.78, 5) is 16.9. The highest BCUT2D eigenvalue weighted by Gasteiger charge is 2.16. The minimum atomic E-state index is -1.89. The molecule has 0 spiro atoms. The van der Waals surface area contributed by atoms with E-state index in [1.54, 1.807) is 12.1 Å². The molecule has 3 rings (SSSR count). The molecule has 0 aliphatic carbocycles. The smallest absolute Gasteiger partial charge is 0.223 e. The van der Waals surface area contributed by atoms with Gasteiger partial charge in [-0.3, -0.25) is 4.79 Å². The van der Waals surface area contributed by atoms with Crippen LogP contribution in [0, 0.1) is 0 Å². The van der Waals surface area contributed by atoms with Crippen molar-refractivity contribution in [3.8, 4) is 21.7 Å². The lowest BCUT2D eigenvalue weighted by molar-refractivity contribution is -0.114. The third-order valence-corrected chi connectivity index (χ3v) is 5.43. The highest BCUT2D eigenvalue weighted by molar-refractivity contribution is 7.78. The predicted molar refractivity (Wildman–Crippen MR) is 108 cm³/mol. The SMILES string of the molecule is CC(=O)Nc1nc(-c2ccc(CO)cc2)c(-c2ccc(CS(=O)O)cc2)s1.